The Morgan fingerprint density at radius 2 is 2.11 bits per heavy atom. The Bertz CT molecular complexity index is 355. The van der Waals surface area contributed by atoms with Crippen LogP contribution in [0.2, 0.25) is 0 Å². The van der Waals surface area contributed by atoms with Crippen molar-refractivity contribution in [3.63, 3.8) is 0 Å². The van der Waals surface area contributed by atoms with E-state index in [-0.39, 0.29) is 17.7 Å². The fourth-order valence-corrected chi connectivity index (χ4v) is 2.11. The Hall–Kier alpha value is -1.59. The van der Waals surface area contributed by atoms with E-state index in [0.717, 1.165) is 0 Å². The number of nitrogens with one attached hydrogen (secondary N) is 1. The van der Waals surface area contributed by atoms with Gasteiger partial charge < -0.3 is 15.3 Å². The molecule has 2 N–H and O–H groups in total. The minimum atomic E-state index is -1.23. The lowest BCUT2D eigenvalue weighted by molar-refractivity contribution is -0.159. The van der Waals surface area contributed by atoms with Gasteiger partial charge in [0.05, 0.1) is 5.92 Å². The predicted molar refractivity (Wildman–Crippen MR) is 64.8 cm³/mol. The average molecular weight is 256 g/mol. The second-order valence-corrected chi connectivity index (χ2v) is 4.99. The first-order valence-electron chi connectivity index (χ1n) is 6.12. The number of carbonyl (C=O) groups is 3. The predicted octanol–water partition coefficient (Wildman–Crippen LogP) is 0.224. The SMILES string of the molecule is CCN(C(=O)C1CCC(=O)NC1)C(C)(C)C(=O)O. The van der Waals surface area contributed by atoms with Crippen molar-refractivity contribution in [3.05, 3.63) is 0 Å². The third kappa shape index (κ3) is 2.80. The number of carboxylic acids is 1. The third-order valence-electron chi connectivity index (χ3n) is 3.40. The van der Waals surface area contributed by atoms with Crippen LogP contribution >= 0.6 is 0 Å². The van der Waals surface area contributed by atoms with Crippen LogP contribution in [-0.2, 0) is 14.4 Å². The monoisotopic (exact) mass is 256 g/mol. The summed E-state index contributed by atoms with van der Waals surface area (Å²) >= 11 is 0. The number of nitrogens with zero attached hydrogens (tertiary/aromatic N) is 1. The summed E-state index contributed by atoms with van der Waals surface area (Å²) in [5.41, 5.74) is -1.23. The Morgan fingerprint density at radius 3 is 2.50 bits per heavy atom. The van der Waals surface area contributed by atoms with E-state index in [1.807, 2.05) is 0 Å². The Morgan fingerprint density at radius 1 is 1.50 bits per heavy atom. The second kappa shape index (κ2) is 5.37. The minimum absolute atomic E-state index is 0.0559. The number of rotatable bonds is 4. The molecule has 0 bridgehead atoms. The van der Waals surface area contributed by atoms with Gasteiger partial charge >= 0.3 is 5.97 Å². The summed E-state index contributed by atoms with van der Waals surface area (Å²) in [5, 5.41) is 11.8. The smallest absolute Gasteiger partial charge is 0.329 e. The fourth-order valence-electron chi connectivity index (χ4n) is 2.11. The van der Waals surface area contributed by atoms with E-state index in [4.69, 9.17) is 5.11 Å². The van der Waals surface area contributed by atoms with Gasteiger partial charge in [0.25, 0.3) is 0 Å². The van der Waals surface area contributed by atoms with Crippen molar-refractivity contribution in [1.29, 1.82) is 0 Å². The molecule has 0 saturated carbocycles. The first-order chi connectivity index (χ1) is 8.30. The van der Waals surface area contributed by atoms with E-state index in [1.165, 1.54) is 18.7 Å². The van der Waals surface area contributed by atoms with Crippen molar-refractivity contribution in [3.8, 4) is 0 Å². The van der Waals surface area contributed by atoms with Crippen LogP contribution in [-0.4, -0.2) is 46.4 Å². The van der Waals surface area contributed by atoms with Gasteiger partial charge in [-0.3, -0.25) is 9.59 Å². The van der Waals surface area contributed by atoms with Crippen LogP contribution < -0.4 is 5.32 Å². The molecule has 0 aliphatic carbocycles. The lowest BCUT2D eigenvalue weighted by Gasteiger charge is -2.37. The molecular formula is C12H20N2O4. The number of hydrogen-bond donors (Lipinski definition) is 2. The second-order valence-electron chi connectivity index (χ2n) is 4.99. The lowest BCUT2D eigenvalue weighted by Crippen LogP contribution is -2.56. The molecule has 0 aromatic heterocycles. The van der Waals surface area contributed by atoms with E-state index in [2.05, 4.69) is 5.32 Å². The number of aliphatic carboxylic acids is 1. The van der Waals surface area contributed by atoms with Crippen LogP contribution in [0.4, 0.5) is 0 Å². The highest BCUT2D eigenvalue weighted by Crippen LogP contribution is 2.21. The zero-order chi connectivity index (χ0) is 13.9. The maximum Gasteiger partial charge on any atom is 0.329 e. The van der Waals surface area contributed by atoms with Crippen LogP contribution in [0.25, 0.3) is 0 Å². The first kappa shape index (κ1) is 14.5. The minimum Gasteiger partial charge on any atom is -0.480 e. The summed E-state index contributed by atoms with van der Waals surface area (Å²) < 4.78 is 0. The van der Waals surface area contributed by atoms with Crippen LogP contribution in [0, 0.1) is 5.92 Å². The standard InChI is InChI=1S/C12H20N2O4/c1-4-14(12(2,3)11(17)18)10(16)8-5-6-9(15)13-7-8/h8H,4-7H2,1-3H3,(H,13,15)(H,17,18). The highest BCUT2D eigenvalue weighted by Gasteiger charge is 2.40. The van der Waals surface area contributed by atoms with Gasteiger partial charge in [-0.15, -0.1) is 0 Å². The zero-order valence-electron chi connectivity index (χ0n) is 11.0. The molecule has 0 aromatic rings. The summed E-state index contributed by atoms with van der Waals surface area (Å²) in [5.74, 6) is -1.61. The molecule has 2 amide bonds. The molecule has 18 heavy (non-hydrogen) atoms. The van der Waals surface area contributed by atoms with Crippen molar-refractivity contribution in [2.45, 2.75) is 39.2 Å². The summed E-state index contributed by atoms with van der Waals surface area (Å²) in [7, 11) is 0. The molecule has 0 aromatic carbocycles. The van der Waals surface area contributed by atoms with Gasteiger partial charge in [0.2, 0.25) is 11.8 Å². The van der Waals surface area contributed by atoms with Gasteiger partial charge in [-0.2, -0.15) is 0 Å². The van der Waals surface area contributed by atoms with Gasteiger partial charge in [0.15, 0.2) is 0 Å². The normalized spacial score (nSPS) is 20.2. The molecule has 1 aliphatic heterocycles. The molecule has 1 fully saturated rings. The Labute approximate surface area is 106 Å². The molecule has 1 aliphatic rings. The number of piperidine rings is 1. The number of amides is 2. The molecular weight excluding hydrogens is 236 g/mol. The molecule has 6 heteroatoms. The van der Waals surface area contributed by atoms with Crippen molar-refractivity contribution in [2.24, 2.45) is 5.92 Å². The van der Waals surface area contributed by atoms with E-state index in [1.54, 1.807) is 6.92 Å². The van der Waals surface area contributed by atoms with E-state index < -0.39 is 11.5 Å². The van der Waals surface area contributed by atoms with E-state index >= 15 is 0 Å². The maximum atomic E-state index is 12.3. The highest BCUT2D eigenvalue weighted by atomic mass is 16.4. The number of carbonyl (C=O) groups excluding carboxylic acids is 2. The molecule has 1 heterocycles. The van der Waals surface area contributed by atoms with Crippen molar-refractivity contribution < 1.29 is 19.5 Å². The molecule has 0 radical (unpaired) electrons. The van der Waals surface area contributed by atoms with Gasteiger partial charge in [-0.25, -0.2) is 4.79 Å². The molecule has 1 rings (SSSR count). The number of hydrogen-bond acceptors (Lipinski definition) is 3. The van der Waals surface area contributed by atoms with Crippen molar-refractivity contribution in [1.82, 2.24) is 10.2 Å². The summed E-state index contributed by atoms with van der Waals surface area (Å²) in [6.45, 7) is 5.41. The zero-order valence-corrected chi connectivity index (χ0v) is 11.0. The summed E-state index contributed by atoms with van der Waals surface area (Å²) in [6.07, 6.45) is 0.804. The first-order valence-corrected chi connectivity index (χ1v) is 6.12. The fraction of sp³-hybridized carbons (Fsp3) is 0.750. The third-order valence-corrected chi connectivity index (χ3v) is 3.40. The molecule has 0 spiro atoms. The highest BCUT2D eigenvalue weighted by molar-refractivity contribution is 5.89. The topological polar surface area (TPSA) is 86.7 Å². The van der Waals surface area contributed by atoms with Gasteiger partial charge in [0, 0.05) is 19.5 Å². The Balaban J connectivity index is 2.80. The number of carboxylic acid groups (broad SMARTS) is 1. The van der Waals surface area contributed by atoms with E-state index in [0.29, 0.717) is 25.9 Å². The molecule has 1 saturated heterocycles. The number of likely N-dealkylation sites (N-methyl/N-ethyl adjacent to an activating group) is 1. The van der Waals surface area contributed by atoms with Crippen molar-refractivity contribution in [2.75, 3.05) is 13.1 Å². The van der Waals surface area contributed by atoms with Crippen LogP contribution in [0.15, 0.2) is 0 Å². The summed E-state index contributed by atoms with van der Waals surface area (Å²) in [6, 6.07) is 0. The van der Waals surface area contributed by atoms with Crippen LogP contribution in [0.1, 0.15) is 33.6 Å². The Kier molecular flexibility index (Phi) is 4.32. The summed E-state index contributed by atoms with van der Waals surface area (Å²) in [4.78, 5) is 35.9. The molecule has 6 nitrogen and oxygen atoms in total. The quantitative estimate of drug-likeness (QED) is 0.753. The van der Waals surface area contributed by atoms with Gasteiger partial charge in [-0.05, 0) is 27.2 Å². The van der Waals surface area contributed by atoms with Crippen LogP contribution in [0.3, 0.4) is 0 Å². The van der Waals surface area contributed by atoms with Crippen LogP contribution in [0.5, 0.6) is 0 Å². The largest absolute Gasteiger partial charge is 0.480 e. The molecule has 1 unspecified atom stereocenters. The lowest BCUT2D eigenvalue weighted by atomic mass is 9.94. The average Bonchev–Trinajstić information content (AvgIpc) is 2.30. The molecule has 1 atom stereocenters. The van der Waals surface area contributed by atoms with Crippen molar-refractivity contribution >= 4 is 17.8 Å². The molecule has 102 valence electrons. The maximum absolute atomic E-state index is 12.3. The van der Waals surface area contributed by atoms with Gasteiger partial charge in [-0.1, -0.05) is 0 Å². The van der Waals surface area contributed by atoms with Gasteiger partial charge in [0.1, 0.15) is 5.54 Å². The van der Waals surface area contributed by atoms with E-state index in [9.17, 15) is 14.4 Å².